The molecule has 0 spiro atoms. The highest BCUT2D eigenvalue weighted by Crippen LogP contribution is 2.14. The van der Waals surface area contributed by atoms with E-state index >= 15 is 0 Å². The number of fused-ring (bicyclic) bond motifs is 1. The molecule has 0 N–H and O–H groups in total. The van der Waals surface area contributed by atoms with E-state index in [1.165, 1.54) is 15.9 Å². The fourth-order valence-corrected chi connectivity index (χ4v) is 4.03. The Bertz CT molecular complexity index is 1170. The van der Waals surface area contributed by atoms with Gasteiger partial charge in [0.1, 0.15) is 5.75 Å². The third kappa shape index (κ3) is 3.99. The van der Waals surface area contributed by atoms with Gasteiger partial charge in [0.25, 0.3) is 5.56 Å². The van der Waals surface area contributed by atoms with E-state index in [4.69, 9.17) is 4.74 Å². The fourth-order valence-electron chi connectivity index (χ4n) is 2.49. The summed E-state index contributed by atoms with van der Waals surface area (Å²) in [4.78, 5) is 18.7. The Kier molecular flexibility index (Phi) is 5.13. The van der Waals surface area contributed by atoms with Gasteiger partial charge in [-0.3, -0.25) is 4.79 Å². The highest BCUT2D eigenvalue weighted by molar-refractivity contribution is 7.15. The van der Waals surface area contributed by atoms with Crippen LogP contribution in [-0.2, 0) is 0 Å². The highest BCUT2D eigenvalue weighted by atomic mass is 32.1. The minimum Gasteiger partial charge on any atom is -0.494 e. The number of hydrogen-bond acceptors (Lipinski definition) is 6. The molecular weight excluding hydrogens is 378 g/mol. The van der Waals surface area contributed by atoms with Crippen LogP contribution in [0.25, 0.3) is 23.2 Å². The average molecular weight is 396 g/mol. The first-order chi connectivity index (χ1) is 13.2. The second kappa shape index (κ2) is 7.85. The van der Waals surface area contributed by atoms with Crippen molar-refractivity contribution in [1.29, 1.82) is 0 Å². The van der Waals surface area contributed by atoms with Gasteiger partial charge in [-0.2, -0.15) is 9.50 Å². The third-order valence-electron chi connectivity index (χ3n) is 3.79. The van der Waals surface area contributed by atoms with E-state index in [-0.39, 0.29) is 5.56 Å². The summed E-state index contributed by atoms with van der Waals surface area (Å²) in [5, 5.41) is 6.32. The number of nitrogens with zero attached hydrogens (tertiary/aromatic N) is 3. The molecule has 4 rings (SSSR count). The van der Waals surface area contributed by atoms with Crippen molar-refractivity contribution in [2.75, 3.05) is 6.61 Å². The molecule has 5 nitrogen and oxygen atoms in total. The van der Waals surface area contributed by atoms with Crippen LogP contribution in [0, 0.1) is 0 Å². The van der Waals surface area contributed by atoms with Gasteiger partial charge in [0.05, 0.1) is 11.1 Å². The topological polar surface area (TPSA) is 56.5 Å². The van der Waals surface area contributed by atoms with Crippen LogP contribution in [0.4, 0.5) is 0 Å². The Labute approximate surface area is 163 Å². The third-order valence-corrected chi connectivity index (χ3v) is 5.59. The minimum atomic E-state index is -0.149. The van der Waals surface area contributed by atoms with E-state index < -0.39 is 0 Å². The Morgan fingerprint density at radius 1 is 1.19 bits per heavy atom. The van der Waals surface area contributed by atoms with E-state index in [2.05, 4.69) is 17.0 Å². The van der Waals surface area contributed by atoms with Gasteiger partial charge < -0.3 is 4.74 Å². The zero-order valence-electron chi connectivity index (χ0n) is 14.7. The van der Waals surface area contributed by atoms with Crippen molar-refractivity contribution in [1.82, 2.24) is 14.6 Å². The van der Waals surface area contributed by atoms with Crippen molar-refractivity contribution in [3.63, 3.8) is 0 Å². The van der Waals surface area contributed by atoms with Crippen molar-refractivity contribution in [2.45, 2.75) is 13.3 Å². The summed E-state index contributed by atoms with van der Waals surface area (Å²) in [6.07, 6.45) is 6.60. The van der Waals surface area contributed by atoms with Crippen molar-refractivity contribution in [3.8, 4) is 5.75 Å². The average Bonchev–Trinajstić information content (AvgIpc) is 3.39. The molecule has 0 atom stereocenters. The van der Waals surface area contributed by atoms with Crippen LogP contribution in [0.1, 0.15) is 29.6 Å². The van der Waals surface area contributed by atoms with Gasteiger partial charge >= 0.3 is 0 Å². The normalized spacial score (nSPS) is 12.4. The molecule has 136 valence electrons. The second-order valence-corrected chi connectivity index (χ2v) is 7.83. The monoisotopic (exact) mass is 395 g/mol. The molecule has 4 aromatic rings. The molecule has 3 aromatic heterocycles. The number of thiazole rings is 1. The SMILES string of the molecule is CCCOc1ccc(/C=c2/sc3nc(/C=C/c4cccs4)nn3c2=O)cc1. The lowest BCUT2D eigenvalue weighted by Gasteiger charge is -2.03. The Morgan fingerprint density at radius 2 is 2.04 bits per heavy atom. The van der Waals surface area contributed by atoms with E-state index in [1.807, 2.05) is 60.0 Å². The maximum absolute atomic E-state index is 12.6. The molecule has 0 aliphatic rings. The highest BCUT2D eigenvalue weighted by Gasteiger charge is 2.08. The first-order valence-electron chi connectivity index (χ1n) is 8.58. The largest absolute Gasteiger partial charge is 0.494 e. The van der Waals surface area contributed by atoms with Crippen LogP contribution in [0.5, 0.6) is 5.75 Å². The maximum Gasteiger partial charge on any atom is 0.291 e. The van der Waals surface area contributed by atoms with Gasteiger partial charge in [-0.1, -0.05) is 36.5 Å². The zero-order valence-corrected chi connectivity index (χ0v) is 16.3. The lowest BCUT2D eigenvalue weighted by atomic mass is 10.2. The van der Waals surface area contributed by atoms with E-state index in [0.29, 0.717) is 21.9 Å². The molecule has 7 heteroatoms. The molecular formula is C20H17N3O2S2. The summed E-state index contributed by atoms with van der Waals surface area (Å²) in [5.41, 5.74) is 0.794. The van der Waals surface area contributed by atoms with Gasteiger partial charge in [-0.15, -0.1) is 16.4 Å². The molecule has 0 aliphatic carbocycles. The second-order valence-electron chi connectivity index (χ2n) is 5.85. The standard InChI is InChI=1S/C20H17N3O2S2/c1-2-11-25-15-7-5-14(6-8-15)13-17-19(24)23-20(27-17)21-18(22-23)10-9-16-4-3-12-26-16/h3-10,12-13H,2,11H2,1H3/b10-9+,17-13+. The summed E-state index contributed by atoms with van der Waals surface area (Å²) in [6.45, 7) is 2.77. The summed E-state index contributed by atoms with van der Waals surface area (Å²) in [6, 6.07) is 11.7. The lowest BCUT2D eigenvalue weighted by molar-refractivity contribution is 0.317. The molecule has 27 heavy (non-hydrogen) atoms. The minimum absolute atomic E-state index is 0.149. The number of ether oxygens (including phenoxy) is 1. The number of thiophene rings is 1. The van der Waals surface area contributed by atoms with E-state index in [9.17, 15) is 4.79 Å². The van der Waals surface area contributed by atoms with Gasteiger partial charge in [-0.05, 0) is 53.8 Å². The number of benzene rings is 1. The van der Waals surface area contributed by atoms with Gasteiger partial charge in [0.2, 0.25) is 4.96 Å². The fraction of sp³-hybridized carbons (Fsp3) is 0.150. The smallest absolute Gasteiger partial charge is 0.291 e. The van der Waals surface area contributed by atoms with Crippen molar-refractivity contribution >= 4 is 45.9 Å². The zero-order chi connectivity index (χ0) is 18.6. The number of rotatable bonds is 6. The van der Waals surface area contributed by atoms with Crippen LogP contribution >= 0.6 is 22.7 Å². The first kappa shape index (κ1) is 17.6. The van der Waals surface area contributed by atoms with Crippen molar-refractivity contribution in [3.05, 3.63) is 72.9 Å². The molecule has 0 aliphatic heterocycles. The molecule has 0 amide bonds. The van der Waals surface area contributed by atoms with E-state index in [0.717, 1.165) is 22.6 Å². The lowest BCUT2D eigenvalue weighted by Crippen LogP contribution is -2.23. The van der Waals surface area contributed by atoms with Gasteiger partial charge in [-0.25, -0.2) is 0 Å². The number of hydrogen-bond donors (Lipinski definition) is 0. The van der Waals surface area contributed by atoms with Crippen LogP contribution in [0.15, 0.2) is 46.6 Å². The Hall–Kier alpha value is -2.77. The Balaban J connectivity index is 1.59. The van der Waals surface area contributed by atoms with Crippen LogP contribution in [0.3, 0.4) is 0 Å². The predicted molar refractivity (Wildman–Crippen MR) is 111 cm³/mol. The molecule has 0 saturated heterocycles. The summed E-state index contributed by atoms with van der Waals surface area (Å²) < 4.78 is 7.56. The van der Waals surface area contributed by atoms with Gasteiger partial charge in [0, 0.05) is 4.88 Å². The molecule has 0 bridgehead atoms. The predicted octanol–water partition coefficient (Wildman–Crippen LogP) is 3.72. The van der Waals surface area contributed by atoms with Crippen molar-refractivity contribution in [2.24, 2.45) is 0 Å². The first-order valence-corrected chi connectivity index (χ1v) is 10.3. The summed E-state index contributed by atoms with van der Waals surface area (Å²) in [7, 11) is 0. The number of aromatic nitrogens is 3. The molecule has 3 heterocycles. The maximum atomic E-state index is 12.6. The van der Waals surface area contributed by atoms with Crippen LogP contribution in [-0.4, -0.2) is 21.2 Å². The molecule has 0 unspecified atom stereocenters. The molecule has 1 aromatic carbocycles. The summed E-state index contributed by atoms with van der Waals surface area (Å²) in [5.74, 6) is 1.37. The van der Waals surface area contributed by atoms with Crippen LogP contribution in [0.2, 0.25) is 0 Å². The summed E-state index contributed by atoms with van der Waals surface area (Å²) >= 11 is 2.98. The Morgan fingerprint density at radius 3 is 2.74 bits per heavy atom. The van der Waals surface area contributed by atoms with Crippen LogP contribution < -0.4 is 14.8 Å². The van der Waals surface area contributed by atoms with Gasteiger partial charge in [0.15, 0.2) is 5.82 Å². The molecule has 0 radical (unpaired) electrons. The molecule has 0 saturated carbocycles. The quantitative estimate of drug-likeness (QED) is 0.499. The van der Waals surface area contributed by atoms with Crippen molar-refractivity contribution < 1.29 is 4.74 Å². The van der Waals surface area contributed by atoms with E-state index in [1.54, 1.807) is 11.3 Å². The molecule has 0 fully saturated rings.